The van der Waals surface area contributed by atoms with Crippen LogP contribution in [0.2, 0.25) is 0 Å². The van der Waals surface area contributed by atoms with Crippen LogP contribution < -0.4 is 5.73 Å². The van der Waals surface area contributed by atoms with E-state index in [9.17, 15) is 4.79 Å². The smallest absolute Gasteiger partial charge is 0.265 e. The first-order chi connectivity index (χ1) is 6.11. The Morgan fingerprint density at radius 2 is 2.54 bits per heavy atom. The lowest BCUT2D eigenvalue weighted by molar-refractivity contribution is 0.0819. The van der Waals surface area contributed by atoms with Gasteiger partial charge in [-0.05, 0) is 0 Å². The van der Waals surface area contributed by atoms with Crippen molar-refractivity contribution in [3.8, 4) is 0 Å². The van der Waals surface area contributed by atoms with Crippen LogP contribution in [0.4, 0.5) is 0 Å². The summed E-state index contributed by atoms with van der Waals surface area (Å²) in [5.74, 6) is -0.102. The molecular formula is C7H9N3OS2. The minimum atomic E-state index is -0.102. The summed E-state index contributed by atoms with van der Waals surface area (Å²) in [6.07, 6.45) is 1.53. The van der Waals surface area contributed by atoms with Crippen molar-refractivity contribution in [2.75, 3.05) is 13.6 Å². The molecule has 0 saturated carbocycles. The predicted molar refractivity (Wildman–Crippen MR) is 55.9 cm³/mol. The van der Waals surface area contributed by atoms with E-state index in [0.717, 1.165) is 0 Å². The molecule has 0 aliphatic heterocycles. The molecule has 0 bridgehead atoms. The topological polar surface area (TPSA) is 59.2 Å². The number of thiazole rings is 1. The summed E-state index contributed by atoms with van der Waals surface area (Å²) in [6.45, 7) is 0.298. The van der Waals surface area contributed by atoms with Crippen LogP contribution in [-0.4, -0.2) is 34.4 Å². The summed E-state index contributed by atoms with van der Waals surface area (Å²) < 4.78 is 0. The molecule has 1 rings (SSSR count). The van der Waals surface area contributed by atoms with Gasteiger partial charge in [0.2, 0.25) is 0 Å². The van der Waals surface area contributed by atoms with E-state index in [0.29, 0.717) is 16.4 Å². The molecule has 6 heteroatoms. The summed E-state index contributed by atoms with van der Waals surface area (Å²) >= 11 is 5.99. The SMILES string of the molecule is CN(CC(N)=S)C(=O)c1cncs1. The highest BCUT2D eigenvalue weighted by Crippen LogP contribution is 2.07. The highest BCUT2D eigenvalue weighted by molar-refractivity contribution is 7.80. The van der Waals surface area contributed by atoms with Gasteiger partial charge in [-0.3, -0.25) is 9.78 Å². The lowest BCUT2D eigenvalue weighted by atomic mass is 10.4. The fourth-order valence-electron chi connectivity index (χ4n) is 0.815. The number of amides is 1. The van der Waals surface area contributed by atoms with Gasteiger partial charge in [-0.1, -0.05) is 12.2 Å². The van der Waals surface area contributed by atoms with Gasteiger partial charge < -0.3 is 10.6 Å². The van der Waals surface area contributed by atoms with Crippen LogP contribution in [0.25, 0.3) is 0 Å². The fraction of sp³-hybridized carbons (Fsp3) is 0.286. The van der Waals surface area contributed by atoms with Crippen molar-refractivity contribution in [3.05, 3.63) is 16.6 Å². The Balaban J connectivity index is 2.63. The highest BCUT2D eigenvalue weighted by atomic mass is 32.1. The molecule has 0 fully saturated rings. The van der Waals surface area contributed by atoms with E-state index in [1.165, 1.54) is 22.4 Å². The van der Waals surface area contributed by atoms with Crippen molar-refractivity contribution in [2.45, 2.75) is 0 Å². The molecule has 0 radical (unpaired) electrons. The number of carbonyl (C=O) groups excluding carboxylic acids is 1. The first-order valence-electron chi connectivity index (χ1n) is 3.53. The number of likely N-dealkylation sites (N-methyl/N-ethyl adjacent to an activating group) is 1. The van der Waals surface area contributed by atoms with Crippen LogP contribution >= 0.6 is 23.6 Å². The number of nitrogens with zero attached hydrogens (tertiary/aromatic N) is 2. The number of rotatable bonds is 3. The number of nitrogens with two attached hydrogens (primary N) is 1. The summed E-state index contributed by atoms with van der Waals surface area (Å²) in [6, 6.07) is 0. The predicted octanol–water partition coefficient (Wildman–Crippen LogP) is 0.501. The van der Waals surface area contributed by atoms with Gasteiger partial charge >= 0.3 is 0 Å². The third-order valence-corrected chi connectivity index (χ3v) is 2.27. The molecule has 1 amide bonds. The Kier molecular flexibility index (Phi) is 3.32. The van der Waals surface area contributed by atoms with E-state index in [4.69, 9.17) is 18.0 Å². The molecule has 2 N–H and O–H groups in total. The first-order valence-corrected chi connectivity index (χ1v) is 4.82. The molecule has 0 atom stereocenters. The van der Waals surface area contributed by atoms with Gasteiger partial charge in [-0.2, -0.15) is 0 Å². The number of hydrogen-bond donors (Lipinski definition) is 1. The second kappa shape index (κ2) is 4.29. The summed E-state index contributed by atoms with van der Waals surface area (Å²) in [4.78, 5) is 17.7. The minimum absolute atomic E-state index is 0.102. The van der Waals surface area contributed by atoms with Crippen LogP contribution in [0.3, 0.4) is 0 Å². The normalized spacial score (nSPS) is 9.62. The lowest BCUT2D eigenvalue weighted by Gasteiger charge is -2.14. The van der Waals surface area contributed by atoms with Crippen LogP contribution in [0, 0.1) is 0 Å². The van der Waals surface area contributed by atoms with Crippen molar-refractivity contribution >= 4 is 34.5 Å². The maximum Gasteiger partial charge on any atom is 0.265 e. The molecule has 0 saturated heterocycles. The second-order valence-electron chi connectivity index (χ2n) is 2.49. The molecular weight excluding hydrogens is 206 g/mol. The average Bonchev–Trinajstić information content (AvgIpc) is 2.53. The maximum absolute atomic E-state index is 11.5. The number of thiocarbonyl (C=S) groups is 1. The van der Waals surface area contributed by atoms with Gasteiger partial charge in [-0.25, -0.2) is 0 Å². The Morgan fingerprint density at radius 1 is 1.85 bits per heavy atom. The van der Waals surface area contributed by atoms with Gasteiger partial charge in [0.15, 0.2) is 0 Å². The number of aromatic nitrogens is 1. The van der Waals surface area contributed by atoms with E-state index < -0.39 is 0 Å². The van der Waals surface area contributed by atoms with Crippen LogP contribution in [0.15, 0.2) is 11.7 Å². The molecule has 4 nitrogen and oxygen atoms in total. The van der Waals surface area contributed by atoms with E-state index in [1.54, 1.807) is 12.6 Å². The average molecular weight is 215 g/mol. The van der Waals surface area contributed by atoms with Crippen molar-refractivity contribution in [1.29, 1.82) is 0 Å². The van der Waals surface area contributed by atoms with Gasteiger partial charge in [0.1, 0.15) is 4.88 Å². The Bertz CT molecular complexity index is 310. The Hall–Kier alpha value is -1.01. The largest absolute Gasteiger partial charge is 0.392 e. The molecule has 1 aromatic heterocycles. The van der Waals surface area contributed by atoms with Gasteiger partial charge in [0.25, 0.3) is 5.91 Å². The fourth-order valence-corrected chi connectivity index (χ4v) is 1.62. The Morgan fingerprint density at radius 3 is 3.00 bits per heavy atom. The standard InChI is InChI=1S/C7H9N3OS2/c1-10(3-6(8)12)7(11)5-2-9-4-13-5/h2,4H,3H2,1H3,(H2,8,12). The minimum Gasteiger partial charge on any atom is -0.392 e. The lowest BCUT2D eigenvalue weighted by Crippen LogP contribution is -2.34. The van der Waals surface area contributed by atoms with E-state index in [2.05, 4.69) is 4.98 Å². The van der Waals surface area contributed by atoms with Crippen molar-refractivity contribution in [2.24, 2.45) is 5.73 Å². The van der Waals surface area contributed by atoms with Crippen LogP contribution in [-0.2, 0) is 0 Å². The highest BCUT2D eigenvalue weighted by Gasteiger charge is 2.12. The third-order valence-electron chi connectivity index (χ3n) is 1.38. The van der Waals surface area contributed by atoms with Crippen LogP contribution in [0.1, 0.15) is 9.67 Å². The molecule has 70 valence electrons. The number of carbonyl (C=O) groups is 1. The van der Waals surface area contributed by atoms with Crippen molar-refractivity contribution in [1.82, 2.24) is 9.88 Å². The molecule has 0 aromatic carbocycles. The molecule has 0 aliphatic carbocycles. The summed E-state index contributed by atoms with van der Waals surface area (Å²) in [5, 5.41) is 0. The van der Waals surface area contributed by atoms with Gasteiger partial charge in [0.05, 0.1) is 23.2 Å². The molecule has 0 aliphatic rings. The monoisotopic (exact) mass is 215 g/mol. The summed E-state index contributed by atoms with van der Waals surface area (Å²) in [7, 11) is 1.65. The van der Waals surface area contributed by atoms with Gasteiger partial charge in [0, 0.05) is 7.05 Å². The Labute approximate surface area is 85.4 Å². The first kappa shape index (κ1) is 10.1. The maximum atomic E-state index is 11.5. The van der Waals surface area contributed by atoms with Crippen molar-refractivity contribution in [3.63, 3.8) is 0 Å². The second-order valence-corrected chi connectivity index (χ2v) is 3.90. The van der Waals surface area contributed by atoms with Gasteiger partial charge in [-0.15, -0.1) is 11.3 Å². The zero-order valence-corrected chi connectivity index (χ0v) is 8.69. The molecule has 0 unspecified atom stereocenters. The third kappa shape index (κ3) is 2.74. The summed E-state index contributed by atoms with van der Waals surface area (Å²) in [5.41, 5.74) is 6.92. The van der Waals surface area contributed by atoms with E-state index >= 15 is 0 Å². The molecule has 13 heavy (non-hydrogen) atoms. The van der Waals surface area contributed by atoms with E-state index in [1.807, 2.05) is 0 Å². The van der Waals surface area contributed by atoms with Crippen LogP contribution in [0.5, 0.6) is 0 Å². The molecule has 1 aromatic rings. The number of hydrogen-bond acceptors (Lipinski definition) is 4. The zero-order chi connectivity index (χ0) is 9.84. The molecule has 0 spiro atoms. The molecule has 1 heterocycles. The van der Waals surface area contributed by atoms with Crippen molar-refractivity contribution < 1.29 is 4.79 Å². The zero-order valence-electron chi connectivity index (χ0n) is 7.06. The quantitative estimate of drug-likeness (QED) is 0.746. The van der Waals surface area contributed by atoms with E-state index in [-0.39, 0.29) is 5.91 Å².